The molecule has 1 aliphatic rings. The van der Waals surface area contributed by atoms with Gasteiger partial charge in [0.25, 0.3) is 0 Å². The van der Waals surface area contributed by atoms with Crippen molar-refractivity contribution < 1.29 is 22.7 Å². The van der Waals surface area contributed by atoms with Crippen LogP contribution in [0.1, 0.15) is 50.6 Å². The summed E-state index contributed by atoms with van der Waals surface area (Å²) in [6.07, 6.45) is -2.62. The summed E-state index contributed by atoms with van der Waals surface area (Å²) in [7, 11) is 0. The van der Waals surface area contributed by atoms with E-state index < -0.39 is 17.5 Å². The van der Waals surface area contributed by atoms with Gasteiger partial charge in [-0.2, -0.15) is 13.2 Å². The maximum absolute atomic E-state index is 12.9. The molecule has 0 radical (unpaired) electrons. The molecular formula is C18H25F3N2O2. The molecule has 1 aromatic rings. The SMILES string of the molecule is Cc1cc(CC2CCCN(C(=O)OC(C)(C)C)C2)cc(C(F)(F)F)n1. The Morgan fingerprint density at radius 2 is 2.00 bits per heavy atom. The number of likely N-dealkylation sites (tertiary alicyclic amines) is 1. The molecule has 0 aliphatic carbocycles. The van der Waals surface area contributed by atoms with E-state index in [9.17, 15) is 18.0 Å². The predicted octanol–water partition coefficient (Wildman–Crippen LogP) is 4.60. The van der Waals surface area contributed by atoms with Gasteiger partial charge < -0.3 is 9.64 Å². The van der Waals surface area contributed by atoms with Crippen LogP contribution in [-0.2, 0) is 17.3 Å². The molecular weight excluding hydrogens is 333 g/mol. The highest BCUT2D eigenvalue weighted by atomic mass is 19.4. The highest BCUT2D eigenvalue weighted by Crippen LogP contribution is 2.30. The predicted molar refractivity (Wildman–Crippen MR) is 88.2 cm³/mol. The molecule has 4 nitrogen and oxygen atoms in total. The maximum Gasteiger partial charge on any atom is 0.433 e. The number of amides is 1. The van der Waals surface area contributed by atoms with Crippen molar-refractivity contribution in [2.75, 3.05) is 13.1 Å². The van der Waals surface area contributed by atoms with Crippen LogP contribution in [0.3, 0.4) is 0 Å². The van der Waals surface area contributed by atoms with E-state index in [0.29, 0.717) is 30.8 Å². The third-order valence-electron chi connectivity index (χ3n) is 4.00. The standard InChI is InChI=1S/C18H25F3N2O2/c1-12-8-14(10-15(22-12)18(19,20)21)9-13-6-5-7-23(11-13)16(24)25-17(2,3)4/h8,10,13H,5-7,9,11H2,1-4H3. The van der Waals surface area contributed by atoms with Crippen molar-refractivity contribution in [2.24, 2.45) is 5.92 Å². The van der Waals surface area contributed by atoms with Gasteiger partial charge in [-0.1, -0.05) is 0 Å². The lowest BCUT2D eigenvalue weighted by molar-refractivity contribution is -0.141. The number of hydrogen-bond donors (Lipinski definition) is 0. The lowest BCUT2D eigenvalue weighted by Gasteiger charge is -2.34. The highest BCUT2D eigenvalue weighted by Gasteiger charge is 2.33. The van der Waals surface area contributed by atoms with Crippen molar-refractivity contribution in [1.82, 2.24) is 9.88 Å². The average molecular weight is 358 g/mol. The van der Waals surface area contributed by atoms with Gasteiger partial charge in [-0.05, 0) is 70.6 Å². The van der Waals surface area contributed by atoms with Gasteiger partial charge in [-0.25, -0.2) is 9.78 Å². The molecule has 2 rings (SSSR count). The molecule has 0 saturated carbocycles. The van der Waals surface area contributed by atoms with Crippen LogP contribution >= 0.6 is 0 Å². The highest BCUT2D eigenvalue weighted by molar-refractivity contribution is 5.68. The van der Waals surface area contributed by atoms with Crippen molar-refractivity contribution in [2.45, 2.75) is 58.7 Å². The molecule has 0 spiro atoms. The van der Waals surface area contributed by atoms with Crippen LogP contribution in [0.4, 0.5) is 18.0 Å². The maximum atomic E-state index is 12.9. The molecule has 0 bridgehead atoms. The molecule has 1 fully saturated rings. The summed E-state index contributed by atoms with van der Waals surface area (Å²) in [5.74, 6) is 0.115. The van der Waals surface area contributed by atoms with E-state index in [1.165, 1.54) is 0 Å². The van der Waals surface area contributed by atoms with Crippen LogP contribution in [-0.4, -0.2) is 34.7 Å². The number of rotatable bonds is 2. The largest absolute Gasteiger partial charge is 0.444 e. The summed E-state index contributed by atoms with van der Waals surface area (Å²) in [6.45, 7) is 8.11. The summed E-state index contributed by atoms with van der Waals surface area (Å²) < 4.78 is 44.1. The molecule has 25 heavy (non-hydrogen) atoms. The molecule has 1 aliphatic heterocycles. The number of alkyl halides is 3. The minimum atomic E-state index is -4.45. The Balaban J connectivity index is 2.05. The Kier molecular flexibility index (Phi) is 5.64. The van der Waals surface area contributed by atoms with E-state index in [1.54, 1.807) is 17.9 Å². The van der Waals surface area contributed by atoms with Gasteiger partial charge in [-0.3, -0.25) is 0 Å². The topological polar surface area (TPSA) is 42.4 Å². The van der Waals surface area contributed by atoms with E-state index in [4.69, 9.17) is 4.74 Å². The molecule has 0 N–H and O–H groups in total. The Bertz CT molecular complexity index is 624. The summed E-state index contributed by atoms with van der Waals surface area (Å²) in [6, 6.07) is 2.79. The Labute approximate surface area is 146 Å². The number of carbonyl (C=O) groups is 1. The number of carbonyl (C=O) groups excluding carboxylic acids is 1. The zero-order valence-corrected chi connectivity index (χ0v) is 15.1. The monoisotopic (exact) mass is 358 g/mol. The summed E-state index contributed by atoms with van der Waals surface area (Å²) in [5.41, 5.74) is -0.462. The molecule has 1 unspecified atom stereocenters. The molecule has 1 saturated heterocycles. The zero-order valence-electron chi connectivity index (χ0n) is 15.1. The minimum absolute atomic E-state index is 0.115. The van der Waals surface area contributed by atoms with Gasteiger partial charge in [0.1, 0.15) is 11.3 Å². The first-order valence-electron chi connectivity index (χ1n) is 8.47. The first kappa shape index (κ1) is 19.5. The molecule has 0 aromatic carbocycles. The van der Waals surface area contributed by atoms with E-state index in [1.807, 2.05) is 20.8 Å². The van der Waals surface area contributed by atoms with Crippen LogP contribution in [0, 0.1) is 12.8 Å². The Hall–Kier alpha value is -1.79. The van der Waals surface area contributed by atoms with Crippen molar-refractivity contribution >= 4 is 6.09 Å². The van der Waals surface area contributed by atoms with Crippen LogP contribution in [0.2, 0.25) is 0 Å². The molecule has 140 valence electrons. The molecule has 1 atom stereocenters. The third kappa shape index (κ3) is 5.90. The van der Waals surface area contributed by atoms with Crippen molar-refractivity contribution in [3.63, 3.8) is 0 Å². The van der Waals surface area contributed by atoms with Crippen molar-refractivity contribution in [1.29, 1.82) is 0 Å². The first-order valence-corrected chi connectivity index (χ1v) is 8.47. The van der Waals surface area contributed by atoms with Crippen LogP contribution in [0.15, 0.2) is 12.1 Å². The second kappa shape index (κ2) is 7.22. The van der Waals surface area contributed by atoms with Gasteiger partial charge in [0, 0.05) is 18.8 Å². The van der Waals surface area contributed by atoms with Crippen LogP contribution < -0.4 is 0 Å². The number of hydrogen-bond acceptors (Lipinski definition) is 3. The van der Waals surface area contributed by atoms with E-state index in [-0.39, 0.29) is 12.0 Å². The lowest BCUT2D eigenvalue weighted by atomic mass is 9.91. The van der Waals surface area contributed by atoms with E-state index in [0.717, 1.165) is 18.9 Å². The fourth-order valence-electron chi connectivity index (χ4n) is 3.06. The fraction of sp³-hybridized carbons (Fsp3) is 0.667. The van der Waals surface area contributed by atoms with E-state index in [2.05, 4.69) is 4.98 Å². The number of pyridine rings is 1. The fourth-order valence-corrected chi connectivity index (χ4v) is 3.06. The second-order valence-corrected chi connectivity index (χ2v) is 7.64. The third-order valence-corrected chi connectivity index (χ3v) is 4.00. The van der Waals surface area contributed by atoms with E-state index >= 15 is 0 Å². The Morgan fingerprint density at radius 1 is 1.32 bits per heavy atom. The number of aromatic nitrogens is 1. The molecule has 1 amide bonds. The van der Waals surface area contributed by atoms with Crippen molar-refractivity contribution in [3.05, 3.63) is 29.1 Å². The minimum Gasteiger partial charge on any atom is -0.444 e. The number of aryl methyl sites for hydroxylation is 1. The zero-order chi connectivity index (χ0) is 18.8. The normalized spacial score (nSPS) is 19.0. The molecule has 1 aromatic heterocycles. The van der Waals surface area contributed by atoms with Gasteiger partial charge >= 0.3 is 12.3 Å². The number of nitrogens with zero attached hydrogens (tertiary/aromatic N) is 2. The van der Waals surface area contributed by atoms with Gasteiger partial charge in [0.15, 0.2) is 0 Å². The molecule has 7 heteroatoms. The first-order chi connectivity index (χ1) is 11.4. The quantitative estimate of drug-likeness (QED) is 0.776. The second-order valence-electron chi connectivity index (χ2n) is 7.64. The Morgan fingerprint density at radius 3 is 2.60 bits per heavy atom. The molecule has 2 heterocycles. The summed E-state index contributed by atoms with van der Waals surface area (Å²) >= 11 is 0. The van der Waals surface area contributed by atoms with Gasteiger partial charge in [0.05, 0.1) is 0 Å². The van der Waals surface area contributed by atoms with Crippen molar-refractivity contribution in [3.8, 4) is 0 Å². The number of ether oxygens (including phenoxy) is 1. The number of halogens is 3. The van der Waals surface area contributed by atoms with Gasteiger partial charge in [0.2, 0.25) is 0 Å². The average Bonchev–Trinajstić information content (AvgIpc) is 2.44. The smallest absolute Gasteiger partial charge is 0.433 e. The van der Waals surface area contributed by atoms with Gasteiger partial charge in [-0.15, -0.1) is 0 Å². The summed E-state index contributed by atoms with van der Waals surface area (Å²) in [5, 5.41) is 0. The summed E-state index contributed by atoms with van der Waals surface area (Å²) in [4.78, 5) is 17.4. The van der Waals surface area contributed by atoms with Crippen LogP contribution in [0.5, 0.6) is 0 Å². The lowest BCUT2D eigenvalue weighted by Crippen LogP contribution is -2.43. The number of piperidine rings is 1. The van der Waals surface area contributed by atoms with Crippen LogP contribution in [0.25, 0.3) is 0 Å².